The topological polar surface area (TPSA) is 82.2 Å². The van der Waals surface area contributed by atoms with Gasteiger partial charge >= 0.3 is 0 Å². The lowest BCUT2D eigenvalue weighted by atomic mass is 10.1. The number of ether oxygens (including phenoxy) is 1. The van der Waals surface area contributed by atoms with Crippen molar-refractivity contribution in [2.24, 2.45) is 7.05 Å². The van der Waals surface area contributed by atoms with E-state index >= 15 is 0 Å². The molecule has 2 aromatic heterocycles. The number of carbonyl (C=O) groups excluding carboxylic acids is 1. The van der Waals surface area contributed by atoms with Gasteiger partial charge in [0.1, 0.15) is 29.6 Å². The molecule has 8 heteroatoms. The van der Waals surface area contributed by atoms with Crippen LogP contribution in [0.2, 0.25) is 0 Å². The minimum atomic E-state index is -0.322. The van der Waals surface area contributed by atoms with Gasteiger partial charge in [0.15, 0.2) is 0 Å². The zero-order valence-electron chi connectivity index (χ0n) is 15.6. The zero-order chi connectivity index (χ0) is 19.6. The van der Waals surface area contributed by atoms with Crippen molar-refractivity contribution in [3.05, 3.63) is 53.2 Å². The van der Waals surface area contributed by atoms with Crippen molar-refractivity contribution in [2.45, 2.75) is 33.4 Å². The monoisotopic (exact) mass is 372 g/mol. The van der Waals surface area contributed by atoms with Gasteiger partial charge < -0.3 is 14.6 Å². The van der Waals surface area contributed by atoms with Crippen LogP contribution >= 0.6 is 0 Å². The number of benzene rings is 1. The Morgan fingerprint density at radius 2 is 2.04 bits per heavy atom. The Bertz CT molecular complexity index is 945. The summed E-state index contributed by atoms with van der Waals surface area (Å²) < 4.78 is 25.6. The Morgan fingerprint density at radius 1 is 1.33 bits per heavy atom. The Labute approximate surface area is 156 Å². The van der Waals surface area contributed by atoms with Gasteiger partial charge in [0.2, 0.25) is 5.88 Å². The van der Waals surface area contributed by atoms with Crippen LogP contribution in [-0.2, 0) is 13.7 Å². The van der Waals surface area contributed by atoms with E-state index in [-0.39, 0.29) is 24.4 Å². The number of aryl methyl sites for hydroxylation is 2. The second-order valence-electron chi connectivity index (χ2n) is 6.48. The minimum Gasteiger partial charge on any atom is -0.471 e. The molecule has 1 aromatic carbocycles. The van der Waals surface area contributed by atoms with Crippen molar-refractivity contribution >= 4 is 5.91 Å². The number of hydrogen-bond donors (Lipinski definition) is 1. The van der Waals surface area contributed by atoms with Gasteiger partial charge in [0.25, 0.3) is 5.91 Å². The molecule has 3 aromatic rings. The maximum absolute atomic E-state index is 13.2. The molecule has 0 fully saturated rings. The zero-order valence-corrected chi connectivity index (χ0v) is 15.6. The molecule has 1 N–H and O–H groups in total. The molecule has 0 spiro atoms. The van der Waals surface area contributed by atoms with E-state index in [0.29, 0.717) is 23.0 Å². The summed E-state index contributed by atoms with van der Waals surface area (Å²) in [5.41, 5.74) is 2.45. The first-order valence-corrected chi connectivity index (χ1v) is 8.54. The third-order valence-corrected chi connectivity index (χ3v) is 3.98. The second kappa shape index (κ2) is 7.61. The molecule has 0 saturated heterocycles. The Morgan fingerprint density at radius 3 is 2.70 bits per heavy atom. The lowest BCUT2D eigenvalue weighted by molar-refractivity contribution is 0.0933. The third kappa shape index (κ3) is 4.16. The summed E-state index contributed by atoms with van der Waals surface area (Å²) in [6.07, 6.45) is 0. The molecule has 0 aliphatic heterocycles. The number of hydrogen-bond acceptors (Lipinski definition) is 5. The molecule has 0 bridgehead atoms. The smallest absolute Gasteiger partial charge is 0.269 e. The van der Waals surface area contributed by atoms with Gasteiger partial charge in [-0.05, 0) is 45.0 Å². The average Bonchev–Trinajstić information content (AvgIpc) is 3.16. The first kappa shape index (κ1) is 18.6. The maximum Gasteiger partial charge on any atom is 0.269 e. The van der Waals surface area contributed by atoms with Crippen LogP contribution in [0.4, 0.5) is 4.39 Å². The van der Waals surface area contributed by atoms with Crippen molar-refractivity contribution in [1.82, 2.24) is 20.3 Å². The Kier molecular flexibility index (Phi) is 5.25. The molecule has 3 rings (SSSR count). The number of nitrogens with zero attached hydrogens (tertiary/aromatic N) is 3. The highest BCUT2D eigenvalue weighted by atomic mass is 19.1. The molecular weight excluding hydrogens is 351 g/mol. The summed E-state index contributed by atoms with van der Waals surface area (Å²) in [5.74, 6) is 0.376. The van der Waals surface area contributed by atoms with Crippen LogP contribution < -0.4 is 10.1 Å². The van der Waals surface area contributed by atoms with Gasteiger partial charge in [0.05, 0.1) is 5.56 Å². The molecule has 0 radical (unpaired) electrons. The molecule has 1 amide bonds. The van der Waals surface area contributed by atoms with E-state index in [9.17, 15) is 9.18 Å². The number of nitrogens with one attached hydrogen (secondary N) is 1. The van der Waals surface area contributed by atoms with Crippen molar-refractivity contribution < 1.29 is 18.4 Å². The summed E-state index contributed by atoms with van der Waals surface area (Å²) in [5, 5.41) is 11.1. The van der Waals surface area contributed by atoms with Crippen LogP contribution in [-0.4, -0.2) is 26.9 Å². The normalized spacial score (nSPS) is 11.0. The number of rotatable bonds is 6. The molecule has 0 saturated carbocycles. The summed E-state index contributed by atoms with van der Waals surface area (Å²) in [6.45, 7) is 5.71. The van der Waals surface area contributed by atoms with E-state index in [1.54, 1.807) is 32.2 Å². The lowest BCUT2D eigenvalue weighted by Gasteiger charge is -2.07. The molecule has 0 unspecified atom stereocenters. The first-order chi connectivity index (χ1) is 12.8. The molecule has 0 aliphatic carbocycles. The maximum atomic E-state index is 13.2. The third-order valence-electron chi connectivity index (χ3n) is 3.98. The molecule has 0 aliphatic rings. The van der Waals surface area contributed by atoms with Crippen LogP contribution in [0.15, 0.2) is 34.9 Å². The molecule has 2 heterocycles. The predicted molar refractivity (Wildman–Crippen MR) is 96.8 cm³/mol. The quantitative estimate of drug-likeness (QED) is 0.718. The van der Waals surface area contributed by atoms with Gasteiger partial charge in [-0.2, -0.15) is 0 Å². The van der Waals surface area contributed by atoms with Gasteiger partial charge in [-0.15, -0.1) is 5.10 Å². The first-order valence-electron chi connectivity index (χ1n) is 8.54. The Balaban J connectivity index is 1.77. The molecule has 0 atom stereocenters. The van der Waals surface area contributed by atoms with Crippen LogP contribution in [0.25, 0.3) is 11.3 Å². The molecule has 142 valence electrons. The molecule has 27 heavy (non-hydrogen) atoms. The molecular formula is C19H21FN4O3. The van der Waals surface area contributed by atoms with Crippen molar-refractivity contribution in [2.75, 3.05) is 0 Å². The lowest BCUT2D eigenvalue weighted by Crippen LogP contribution is -2.31. The predicted octanol–water partition coefficient (Wildman–Crippen LogP) is 3.24. The van der Waals surface area contributed by atoms with E-state index in [0.717, 1.165) is 11.1 Å². The fraction of sp³-hybridized carbons (Fsp3) is 0.316. The largest absolute Gasteiger partial charge is 0.471 e. The Hall–Kier alpha value is -3.16. The van der Waals surface area contributed by atoms with Crippen molar-refractivity contribution in [3.63, 3.8) is 0 Å². The highest BCUT2D eigenvalue weighted by molar-refractivity contribution is 5.93. The van der Waals surface area contributed by atoms with Crippen LogP contribution in [0, 0.1) is 12.7 Å². The van der Waals surface area contributed by atoms with Gasteiger partial charge in [-0.3, -0.25) is 9.48 Å². The summed E-state index contributed by atoms with van der Waals surface area (Å²) in [4.78, 5) is 12.2. The summed E-state index contributed by atoms with van der Waals surface area (Å²) in [6, 6.07) is 7.59. The van der Waals surface area contributed by atoms with Crippen LogP contribution in [0.3, 0.4) is 0 Å². The fourth-order valence-corrected chi connectivity index (χ4v) is 2.60. The highest BCUT2D eigenvalue weighted by Gasteiger charge is 2.18. The van der Waals surface area contributed by atoms with E-state index in [1.165, 1.54) is 16.8 Å². The standard InChI is InChI=1S/C19H21FN4O3/c1-11(2)21-19(25)16-9-17(22-24(16)4)26-10-15-12(3)27-23-18(15)13-5-7-14(20)8-6-13/h5-9,11H,10H2,1-4H3,(H,21,25). The molecule has 7 nitrogen and oxygen atoms in total. The number of amides is 1. The fourth-order valence-electron chi connectivity index (χ4n) is 2.60. The number of halogens is 1. The second-order valence-corrected chi connectivity index (χ2v) is 6.48. The van der Waals surface area contributed by atoms with E-state index in [1.807, 2.05) is 13.8 Å². The van der Waals surface area contributed by atoms with E-state index in [2.05, 4.69) is 15.6 Å². The van der Waals surface area contributed by atoms with Gasteiger partial charge in [0, 0.05) is 24.7 Å². The number of aromatic nitrogens is 3. The average molecular weight is 372 g/mol. The van der Waals surface area contributed by atoms with E-state index < -0.39 is 0 Å². The summed E-state index contributed by atoms with van der Waals surface area (Å²) >= 11 is 0. The van der Waals surface area contributed by atoms with Crippen molar-refractivity contribution in [1.29, 1.82) is 0 Å². The van der Waals surface area contributed by atoms with Crippen LogP contribution in [0.1, 0.15) is 35.7 Å². The SMILES string of the molecule is Cc1onc(-c2ccc(F)cc2)c1COc1cc(C(=O)NC(C)C)n(C)n1. The highest BCUT2D eigenvalue weighted by Crippen LogP contribution is 2.26. The number of carbonyl (C=O) groups is 1. The minimum absolute atomic E-state index is 0.0229. The van der Waals surface area contributed by atoms with Gasteiger partial charge in [-0.1, -0.05) is 5.16 Å². The van der Waals surface area contributed by atoms with Crippen molar-refractivity contribution in [3.8, 4) is 17.1 Å². The van der Waals surface area contributed by atoms with E-state index in [4.69, 9.17) is 9.26 Å². The van der Waals surface area contributed by atoms with Gasteiger partial charge in [-0.25, -0.2) is 4.39 Å². The summed E-state index contributed by atoms with van der Waals surface area (Å²) in [7, 11) is 1.68. The van der Waals surface area contributed by atoms with Crippen LogP contribution in [0.5, 0.6) is 5.88 Å².